The third-order valence-corrected chi connectivity index (χ3v) is 3.03. The molecule has 2 rings (SSSR count). The fourth-order valence-electron chi connectivity index (χ4n) is 1.93. The smallest absolute Gasteiger partial charge is 0.337 e. The van der Waals surface area contributed by atoms with E-state index in [1.165, 1.54) is 19.2 Å². The molecule has 2 aromatic carbocycles. The first-order valence-corrected chi connectivity index (χ1v) is 6.82. The molecule has 23 heavy (non-hydrogen) atoms. The van der Waals surface area contributed by atoms with Gasteiger partial charge in [0.15, 0.2) is 5.75 Å². The molecule has 0 saturated carbocycles. The Balaban J connectivity index is 2.22. The van der Waals surface area contributed by atoms with E-state index in [0.717, 1.165) is 5.56 Å². The van der Waals surface area contributed by atoms with Crippen LogP contribution in [0.5, 0.6) is 5.75 Å². The Hall–Kier alpha value is -3.15. The molecule has 0 aliphatic rings. The SMILES string of the molecule is COC(=O)C(=Cc1ccccc1)COc1ccccc1[N+](=O)[O-]. The highest BCUT2D eigenvalue weighted by atomic mass is 16.6. The van der Waals surface area contributed by atoms with Crippen molar-refractivity contribution in [3.63, 3.8) is 0 Å². The van der Waals surface area contributed by atoms with Crippen LogP contribution in [-0.4, -0.2) is 24.6 Å². The zero-order chi connectivity index (χ0) is 16.7. The minimum atomic E-state index is -0.549. The summed E-state index contributed by atoms with van der Waals surface area (Å²) < 4.78 is 10.2. The Labute approximate surface area is 133 Å². The number of carbonyl (C=O) groups excluding carboxylic acids is 1. The van der Waals surface area contributed by atoms with Crippen molar-refractivity contribution in [1.82, 2.24) is 0 Å². The number of hydrogen-bond acceptors (Lipinski definition) is 5. The number of hydrogen-bond donors (Lipinski definition) is 0. The lowest BCUT2D eigenvalue weighted by Gasteiger charge is -2.09. The maximum atomic E-state index is 11.9. The van der Waals surface area contributed by atoms with Crippen LogP contribution in [0.1, 0.15) is 5.56 Å². The number of nitro benzene ring substituents is 1. The van der Waals surface area contributed by atoms with Gasteiger partial charge in [-0.15, -0.1) is 0 Å². The number of benzene rings is 2. The summed E-state index contributed by atoms with van der Waals surface area (Å²) in [6, 6.07) is 15.2. The number of esters is 1. The van der Waals surface area contributed by atoms with Crippen LogP contribution in [0.3, 0.4) is 0 Å². The highest BCUT2D eigenvalue weighted by molar-refractivity contribution is 5.94. The van der Waals surface area contributed by atoms with E-state index in [1.807, 2.05) is 30.3 Å². The minimum absolute atomic E-state index is 0.0976. The van der Waals surface area contributed by atoms with Crippen LogP contribution in [0, 0.1) is 10.1 Å². The van der Waals surface area contributed by atoms with Crippen LogP contribution < -0.4 is 4.74 Å². The van der Waals surface area contributed by atoms with E-state index in [9.17, 15) is 14.9 Å². The molecular weight excluding hydrogens is 298 g/mol. The predicted octanol–water partition coefficient (Wildman–Crippen LogP) is 3.23. The van der Waals surface area contributed by atoms with Crippen molar-refractivity contribution in [3.8, 4) is 5.75 Å². The first-order valence-electron chi connectivity index (χ1n) is 6.82. The van der Waals surface area contributed by atoms with Crippen LogP contribution in [0.15, 0.2) is 60.2 Å². The summed E-state index contributed by atoms with van der Waals surface area (Å²) >= 11 is 0. The molecule has 2 aromatic rings. The van der Waals surface area contributed by atoms with Crippen LogP contribution in [-0.2, 0) is 9.53 Å². The van der Waals surface area contributed by atoms with E-state index in [2.05, 4.69) is 0 Å². The molecule has 0 saturated heterocycles. The summed E-state index contributed by atoms with van der Waals surface area (Å²) in [7, 11) is 1.27. The molecule has 0 heterocycles. The van der Waals surface area contributed by atoms with E-state index in [-0.39, 0.29) is 23.6 Å². The molecule has 0 aromatic heterocycles. The molecule has 6 nitrogen and oxygen atoms in total. The Kier molecular flexibility index (Phi) is 5.46. The zero-order valence-electron chi connectivity index (χ0n) is 12.5. The highest BCUT2D eigenvalue weighted by Crippen LogP contribution is 2.26. The largest absolute Gasteiger partial charge is 0.482 e. The van der Waals surface area contributed by atoms with Gasteiger partial charge in [0.2, 0.25) is 0 Å². The average Bonchev–Trinajstić information content (AvgIpc) is 2.59. The second kappa shape index (κ2) is 7.74. The van der Waals surface area contributed by atoms with E-state index in [4.69, 9.17) is 9.47 Å². The molecule has 6 heteroatoms. The Morgan fingerprint density at radius 3 is 2.43 bits per heavy atom. The number of nitrogens with zero attached hydrogens (tertiary/aromatic N) is 1. The second-order valence-electron chi connectivity index (χ2n) is 4.59. The van der Waals surface area contributed by atoms with E-state index < -0.39 is 10.9 Å². The fourth-order valence-corrected chi connectivity index (χ4v) is 1.93. The van der Waals surface area contributed by atoms with Gasteiger partial charge in [0.05, 0.1) is 17.6 Å². The first-order chi connectivity index (χ1) is 11.1. The summed E-state index contributed by atoms with van der Waals surface area (Å²) in [6.45, 7) is -0.133. The quantitative estimate of drug-likeness (QED) is 0.354. The number of rotatable bonds is 6. The van der Waals surface area contributed by atoms with Crippen LogP contribution in [0.4, 0.5) is 5.69 Å². The molecule has 0 atom stereocenters. The minimum Gasteiger partial charge on any atom is -0.482 e. The van der Waals surface area contributed by atoms with Gasteiger partial charge in [-0.2, -0.15) is 0 Å². The number of ether oxygens (including phenoxy) is 2. The summed E-state index contributed by atoms with van der Waals surface area (Å²) in [5.74, 6) is -0.451. The van der Waals surface area contributed by atoms with Gasteiger partial charge in [-0.25, -0.2) is 4.79 Å². The van der Waals surface area contributed by atoms with Crippen molar-refractivity contribution in [1.29, 1.82) is 0 Å². The lowest BCUT2D eigenvalue weighted by Crippen LogP contribution is -2.13. The van der Waals surface area contributed by atoms with Crippen LogP contribution >= 0.6 is 0 Å². The Morgan fingerprint density at radius 1 is 1.13 bits per heavy atom. The van der Waals surface area contributed by atoms with Crippen LogP contribution in [0.2, 0.25) is 0 Å². The molecule has 0 radical (unpaired) electrons. The third-order valence-electron chi connectivity index (χ3n) is 3.03. The predicted molar refractivity (Wildman–Crippen MR) is 85.0 cm³/mol. The molecule has 0 aliphatic heterocycles. The Morgan fingerprint density at radius 2 is 1.78 bits per heavy atom. The number of para-hydroxylation sites is 2. The first kappa shape index (κ1) is 16.2. The van der Waals surface area contributed by atoms with Gasteiger partial charge in [0.1, 0.15) is 6.61 Å². The van der Waals surface area contributed by atoms with Crippen molar-refractivity contribution in [2.75, 3.05) is 13.7 Å². The summed E-state index contributed by atoms with van der Waals surface area (Å²) in [5.41, 5.74) is 0.910. The van der Waals surface area contributed by atoms with Gasteiger partial charge in [-0.05, 0) is 17.7 Å². The summed E-state index contributed by atoms with van der Waals surface area (Å²) in [5, 5.41) is 11.0. The number of methoxy groups -OCH3 is 1. The van der Waals surface area contributed by atoms with Gasteiger partial charge in [0.25, 0.3) is 0 Å². The molecule has 0 aliphatic carbocycles. The number of carbonyl (C=O) groups is 1. The maximum absolute atomic E-state index is 11.9. The molecule has 0 N–H and O–H groups in total. The van der Waals surface area contributed by atoms with E-state index >= 15 is 0 Å². The standard InChI is InChI=1S/C17H15NO5/c1-22-17(19)14(11-13-7-3-2-4-8-13)12-23-16-10-6-5-9-15(16)18(20)21/h2-11H,12H2,1H3. The summed E-state index contributed by atoms with van der Waals surface area (Å²) in [6.07, 6.45) is 1.63. The molecule has 0 fully saturated rings. The van der Waals surface area contributed by atoms with Crippen molar-refractivity contribution in [2.45, 2.75) is 0 Å². The van der Waals surface area contributed by atoms with Gasteiger partial charge in [-0.3, -0.25) is 10.1 Å². The Bertz CT molecular complexity index is 725. The van der Waals surface area contributed by atoms with Crippen molar-refractivity contribution in [3.05, 3.63) is 75.8 Å². The molecule has 0 unspecified atom stereocenters. The monoisotopic (exact) mass is 313 g/mol. The molecular formula is C17H15NO5. The average molecular weight is 313 g/mol. The van der Waals surface area contributed by atoms with Gasteiger partial charge in [-0.1, -0.05) is 42.5 Å². The van der Waals surface area contributed by atoms with Crippen LogP contribution in [0.25, 0.3) is 6.08 Å². The lowest BCUT2D eigenvalue weighted by molar-refractivity contribution is -0.385. The van der Waals surface area contributed by atoms with Crippen molar-refractivity contribution in [2.24, 2.45) is 0 Å². The molecule has 0 bridgehead atoms. The fraction of sp³-hybridized carbons (Fsp3) is 0.118. The van der Waals surface area contributed by atoms with E-state index in [0.29, 0.717) is 0 Å². The molecule has 0 spiro atoms. The molecule has 0 amide bonds. The lowest BCUT2D eigenvalue weighted by atomic mass is 10.1. The van der Waals surface area contributed by atoms with Gasteiger partial charge >= 0.3 is 11.7 Å². The highest BCUT2D eigenvalue weighted by Gasteiger charge is 2.16. The normalized spacial score (nSPS) is 10.9. The zero-order valence-corrected chi connectivity index (χ0v) is 12.5. The molecule has 118 valence electrons. The van der Waals surface area contributed by atoms with Gasteiger partial charge < -0.3 is 9.47 Å². The third kappa shape index (κ3) is 4.41. The van der Waals surface area contributed by atoms with Gasteiger partial charge in [0, 0.05) is 6.07 Å². The van der Waals surface area contributed by atoms with Crippen molar-refractivity contribution >= 4 is 17.7 Å². The van der Waals surface area contributed by atoms with Crippen molar-refractivity contribution < 1.29 is 19.2 Å². The second-order valence-corrected chi connectivity index (χ2v) is 4.59. The summed E-state index contributed by atoms with van der Waals surface area (Å²) in [4.78, 5) is 22.3. The van der Waals surface area contributed by atoms with E-state index in [1.54, 1.807) is 18.2 Å². The maximum Gasteiger partial charge on any atom is 0.337 e. The number of nitro groups is 1. The topological polar surface area (TPSA) is 78.7 Å².